The van der Waals surface area contributed by atoms with Crippen LogP contribution in [0.15, 0.2) is 85.1 Å². The Morgan fingerprint density at radius 3 is 2.51 bits per heavy atom. The van der Waals surface area contributed by atoms with Crippen molar-refractivity contribution in [3.05, 3.63) is 96.2 Å². The molecule has 0 unspecified atom stereocenters. The smallest absolute Gasteiger partial charge is 0.255 e. The van der Waals surface area contributed by atoms with Gasteiger partial charge in [-0.25, -0.2) is 4.68 Å². The third-order valence-corrected chi connectivity index (χ3v) is 5.48. The molecule has 4 rings (SSSR count). The molecule has 3 aromatic carbocycles. The zero-order valence-corrected chi connectivity index (χ0v) is 19.8. The van der Waals surface area contributed by atoms with Crippen LogP contribution in [0.5, 0.6) is 5.75 Å². The van der Waals surface area contributed by atoms with Crippen molar-refractivity contribution >= 4 is 17.5 Å². The number of anilines is 1. The molecular formula is C28H28N4O3. The van der Waals surface area contributed by atoms with Gasteiger partial charge in [-0.15, -0.1) is 0 Å². The summed E-state index contributed by atoms with van der Waals surface area (Å²) in [5.41, 5.74) is 4.13. The van der Waals surface area contributed by atoms with Crippen LogP contribution in [-0.4, -0.2) is 28.7 Å². The summed E-state index contributed by atoms with van der Waals surface area (Å²) in [6, 6.07) is 24.6. The van der Waals surface area contributed by atoms with Crippen molar-refractivity contribution < 1.29 is 14.3 Å². The van der Waals surface area contributed by atoms with Crippen LogP contribution in [0.4, 0.5) is 5.69 Å². The van der Waals surface area contributed by atoms with Crippen LogP contribution >= 0.6 is 0 Å². The number of nitrogens with zero attached hydrogens (tertiary/aromatic N) is 2. The second-order valence-electron chi connectivity index (χ2n) is 8.05. The number of nitrogens with one attached hydrogen (secondary N) is 2. The van der Waals surface area contributed by atoms with E-state index in [2.05, 4.69) is 10.6 Å². The molecule has 0 saturated carbocycles. The molecule has 0 spiro atoms. The molecule has 4 aromatic rings. The summed E-state index contributed by atoms with van der Waals surface area (Å²) >= 11 is 0. The van der Waals surface area contributed by atoms with Gasteiger partial charge in [0.2, 0.25) is 5.91 Å². The number of amides is 2. The fourth-order valence-corrected chi connectivity index (χ4v) is 3.78. The zero-order valence-electron chi connectivity index (χ0n) is 19.8. The SMILES string of the molecule is CCCC(=O)Nc1cccc(CNC(=O)c2cn(-c3ccccc3)nc2-c2ccccc2OC)c1. The van der Waals surface area contributed by atoms with E-state index in [1.54, 1.807) is 18.0 Å². The Labute approximate surface area is 204 Å². The lowest BCUT2D eigenvalue weighted by Gasteiger charge is -2.10. The Morgan fingerprint density at radius 1 is 0.971 bits per heavy atom. The van der Waals surface area contributed by atoms with Crippen LogP contribution in [0.25, 0.3) is 16.9 Å². The van der Waals surface area contributed by atoms with Gasteiger partial charge >= 0.3 is 0 Å². The van der Waals surface area contributed by atoms with E-state index in [4.69, 9.17) is 9.84 Å². The van der Waals surface area contributed by atoms with E-state index in [1.165, 1.54) is 0 Å². The first kappa shape index (κ1) is 23.8. The molecule has 35 heavy (non-hydrogen) atoms. The molecule has 1 heterocycles. The highest BCUT2D eigenvalue weighted by Gasteiger charge is 2.21. The molecule has 178 valence electrons. The maximum absolute atomic E-state index is 13.3. The standard InChI is InChI=1S/C28H28N4O3/c1-3-10-26(33)30-21-12-9-11-20(17-21)18-29-28(34)24-19-32(22-13-5-4-6-14-22)31-27(24)23-15-7-8-16-25(23)35-2/h4-9,11-17,19H,3,10,18H2,1-2H3,(H,29,34)(H,30,33). The number of aromatic nitrogens is 2. The van der Waals surface area contributed by atoms with Crippen LogP contribution in [0.1, 0.15) is 35.7 Å². The first-order chi connectivity index (χ1) is 17.1. The van der Waals surface area contributed by atoms with Gasteiger partial charge in [0, 0.05) is 30.4 Å². The number of para-hydroxylation sites is 2. The number of ether oxygens (including phenoxy) is 1. The Bertz CT molecular complexity index is 1310. The van der Waals surface area contributed by atoms with Gasteiger partial charge in [-0.05, 0) is 48.4 Å². The van der Waals surface area contributed by atoms with Crippen molar-refractivity contribution in [2.24, 2.45) is 0 Å². The van der Waals surface area contributed by atoms with E-state index in [-0.39, 0.29) is 11.8 Å². The third-order valence-electron chi connectivity index (χ3n) is 5.48. The Kier molecular flexibility index (Phi) is 7.57. The highest BCUT2D eigenvalue weighted by molar-refractivity contribution is 6.00. The zero-order chi connectivity index (χ0) is 24.6. The topological polar surface area (TPSA) is 85.3 Å². The molecular weight excluding hydrogens is 440 g/mol. The largest absolute Gasteiger partial charge is 0.496 e. The quantitative estimate of drug-likeness (QED) is 0.353. The van der Waals surface area contributed by atoms with E-state index < -0.39 is 0 Å². The first-order valence-electron chi connectivity index (χ1n) is 11.5. The van der Waals surface area contributed by atoms with Gasteiger partial charge in [0.25, 0.3) is 5.91 Å². The average molecular weight is 469 g/mol. The predicted molar refractivity (Wildman–Crippen MR) is 137 cm³/mol. The molecule has 0 radical (unpaired) electrons. The minimum atomic E-state index is -0.256. The van der Waals surface area contributed by atoms with Gasteiger partial charge in [-0.1, -0.05) is 49.4 Å². The number of hydrogen-bond acceptors (Lipinski definition) is 4. The highest BCUT2D eigenvalue weighted by atomic mass is 16.5. The van der Waals surface area contributed by atoms with Crippen molar-refractivity contribution in [2.45, 2.75) is 26.3 Å². The van der Waals surface area contributed by atoms with E-state index in [0.717, 1.165) is 23.2 Å². The lowest BCUT2D eigenvalue weighted by atomic mass is 10.1. The van der Waals surface area contributed by atoms with Crippen LogP contribution in [0, 0.1) is 0 Å². The normalized spacial score (nSPS) is 10.6. The Balaban J connectivity index is 1.60. The summed E-state index contributed by atoms with van der Waals surface area (Å²) in [6.07, 6.45) is 2.98. The number of rotatable bonds is 9. The summed E-state index contributed by atoms with van der Waals surface area (Å²) in [6.45, 7) is 2.27. The summed E-state index contributed by atoms with van der Waals surface area (Å²) in [4.78, 5) is 25.2. The number of methoxy groups -OCH3 is 1. The van der Waals surface area contributed by atoms with Crippen LogP contribution in [0.3, 0.4) is 0 Å². The van der Waals surface area contributed by atoms with Gasteiger partial charge in [0.1, 0.15) is 11.4 Å². The fraction of sp³-hybridized carbons (Fsp3) is 0.179. The summed E-state index contributed by atoms with van der Waals surface area (Å²) in [5, 5.41) is 10.6. The third kappa shape index (κ3) is 5.76. The molecule has 0 aliphatic carbocycles. The van der Waals surface area contributed by atoms with E-state index in [1.807, 2.05) is 85.8 Å². The van der Waals surface area contributed by atoms with Gasteiger partial charge in [-0.3, -0.25) is 9.59 Å². The second kappa shape index (κ2) is 11.2. The van der Waals surface area contributed by atoms with E-state index >= 15 is 0 Å². The van der Waals surface area contributed by atoms with Crippen LogP contribution < -0.4 is 15.4 Å². The number of carbonyl (C=O) groups excluding carboxylic acids is 2. The Morgan fingerprint density at radius 2 is 1.74 bits per heavy atom. The summed E-state index contributed by atoms with van der Waals surface area (Å²) in [5.74, 6) is 0.354. The van der Waals surface area contributed by atoms with Crippen molar-refractivity contribution in [3.8, 4) is 22.7 Å². The first-order valence-corrected chi connectivity index (χ1v) is 11.5. The van der Waals surface area contributed by atoms with Crippen LogP contribution in [-0.2, 0) is 11.3 Å². The van der Waals surface area contributed by atoms with Gasteiger partial charge in [0.15, 0.2) is 0 Å². The molecule has 0 atom stereocenters. The number of benzene rings is 3. The van der Waals surface area contributed by atoms with Crippen LogP contribution in [0.2, 0.25) is 0 Å². The van der Waals surface area contributed by atoms with E-state index in [0.29, 0.717) is 35.7 Å². The van der Waals surface area contributed by atoms with Crippen molar-refractivity contribution in [1.29, 1.82) is 0 Å². The van der Waals surface area contributed by atoms with E-state index in [9.17, 15) is 9.59 Å². The molecule has 2 N–H and O–H groups in total. The number of carbonyl (C=O) groups is 2. The predicted octanol–water partition coefficient (Wildman–Crippen LogP) is 5.22. The maximum atomic E-state index is 13.3. The monoisotopic (exact) mass is 468 g/mol. The molecule has 1 aromatic heterocycles. The minimum Gasteiger partial charge on any atom is -0.496 e. The van der Waals surface area contributed by atoms with Crippen molar-refractivity contribution in [2.75, 3.05) is 12.4 Å². The highest BCUT2D eigenvalue weighted by Crippen LogP contribution is 2.31. The molecule has 2 amide bonds. The molecule has 0 bridgehead atoms. The second-order valence-corrected chi connectivity index (χ2v) is 8.05. The van der Waals surface area contributed by atoms with Gasteiger partial charge in [0.05, 0.1) is 18.4 Å². The minimum absolute atomic E-state index is 0.0246. The molecule has 7 heteroatoms. The summed E-state index contributed by atoms with van der Waals surface area (Å²) < 4.78 is 7.22. The lowest BCUT2D eigenvalue weighted by Crippen LogP contribution is -2.23. The number of hydrogen-bond donors (Lipinski definition) is 2. The van der Waals surface area contributed by atoms with Crippen molar-refractivity contribution in [3.63, 3.8) is 0 Å². The lowest BCUT2D eigenvalue weighted by molar-refractivity contribution is -0.116. The average Bonchev–Trinajstić information content (AvgIpc) is 3.33. The molecule has 0 aliphatic heterocycles. The summed E-state index contributed by atoms with van der Waals surface area (Å²) in [7, 11) is 1.60. The molecule has 0 fully saturated rings. The fourth-order valence-electron chi connectivity index (χ4n) is 3.78. The van der Waals surface area contributed by atoms with Crippen molar-refractivity contribution in [1.82, 2.24) is 15.1 Å². The maximum Gasteiger partial charge on any atom is 0.255 e. The molecule has 7 nitrogen and oxygen atoms in total. The van der Waals surface area contributed by atoms with Gasteiger partial charge in [-0.2, -0.15) is 5.10 Å². The molecule has 0 aliphatic rings. The van der Waals surface area contributed by atoms with Gasteiger partial charge < -0.3 is 15.4 Å². The molecule has 0 saturated heterocycles. The Hall–Kier alpha value is -4.39.